The van der Waals surface area contributed by atoms with Crippen molar-refractivity contribution in [1.29, 1.82) is 0 Å². The third kappa shape index (κ3) is 5.08. The number of halogens is 1. The molecular weight excluding hydrogens is 316 g/mol. The molecule has 0 aliphatic rings. The van der Waals surface area contributed by atoms with Crippen molar-refractivity contribution in [1.82, 2.24) is 5.32 Å². The number of nitro benzene ring substituents is 1. The molecule has 0 radical (unpaired) electrons. The van der Waals surface area contributed by atoms with E-state index in [9.17, 15) is 10.1 Å². The molecule has 1 N–H and O–H groups in total. The predicted octanol–water partition coefficient (Wildman–Crippen LogP) is 2.81. The van der Waals surface area contributed by atoms with E-state index in [1.54, 1.807) is 17.8 Å². The average molecular weight is 329 g/mol. The van der Waals surface area contributed by atoms with Crippen LogP contribution in [0, 0.1) is 22.5 Å². The second-order valence-corrected chi connectivity index (χ2v) is 5.43. The summed E-state index contributed by atoms with van der Waals surface area (Å²) in [6.45, 7) is 1.53. The van der Waals surface area contributed by atoms with E-state index in [-0.39, 0.29) is 5.69 Å². The molecule has 0 aliphatic carbocycles. The van der Waals surface area contributed by atoms with Gasteiger partial charge in [0.15, 0.2) is 0 Å². The fourth-order valence-corrected chi connectivity index (χ4v) is 2.35. The van der Waals surface area contributed by atoms with Crippen LogP contribution in [0.15, 0.2) is 22.7 Å². The first-order valence-corrected chi connectivity index (χ1v) is 7.24. The van der Waals surface area contributed by atoms with Crippen LogP contribution < -0.4 is 5.32 Å². The number of nitro groups is 1. The molecule has 0 bridgehead atoms. The summed E-state index contributed by atoms with van der Waals surface area (Å²) in [4.78, 5) is 10.2. The largest absolute Gasteiger partial charge is 0.312 e. The van der Waals surface area contributed by atoms with Gasteiger partial charge in [-0.25, -0.2) is 0 Å². The number of nitrogens with one attached hydrogen (secondary N) is 1. The minimum Gasteiger partial charge on any atom is -0.312 e. The first-order chi connectivity index (χ1) is 8.65. The zero-order chi connectivity index (χ0) is 13.4. The molecule has 0 amide bonds. The molecule has 96 valence electrons. The van der Waals surface area contributed by atoms with E-state index in [4.69, 9.17) is 6.42 Å². The van der Waals surface area contributed by atoms with Gasteiger partial charge >= 0.3 is 0 Å². The SMILES string of the molecule is C#CCSCCNCc1ccc([N+](=O)[O-])cc1Br. The summed E-state index contributed by atoms with van der Waals surface area (Å²) < 4.78 is 0.750. The number of non-ortho nitro benzene ring substituents is 1. The molecule has 0 fully saturated rings. The van der Waals surface area contributed by atoms with Crippen molar-refractivity contribution >= 4 is 33.4 Å². The van der Waals surface area contributed by atoms with Crippen molar-refractivity contribution in [3.63, 3.8) is 0 Å². The van der Waals surface area contributed by atoms with Crippen LogP contribution in [0.3, 0.4) is 0 Å². The van der Waals surface area contributed by atoms with Gasteiger partial charge in [0, 0.05) is 35.4 Å². The highest BCUT2D eigenvalue weighted by molar-refractivity contribution is 9.10. The molecule has 0 aliphatic heterocycles. The predicted molar refractivity (Wildman–Crippen MR) is 78.7 cm³/mol. The molecule has 6 heteroatoms. The van der Waals surface area contributed by atoms with Crippen LogP contribution in [0.25, 0.3) is 0 Å². The second-order valence-electron chi connectivity index (χ2n) is 3.47. The second kappa shape index (κ2) is 8.14. The van der Waals surface area contributed by atoms with Crippen molar-refractivity contribution in [3.8, 4) is 12.3 Å². The van der Waals surface area contributed by atoms with Crippen LogP contribution >= 0.6 is 27.7 Å². The Labute approximate surface area is 119 Å². The lowest BCUT2D eigenvalue weighted by Crippen LogP contribution is -2.17. The summed E-state index contributed by atoms with van der Waals surface area (Å²) >= 11 is 5.03. The maximum Gasteiger partial charge on any atom is 0.270 e. The molecule has 4 nitrogen and oxygen atoms in total. The number of rotatable bonds is 7. The number of benzene rings is 1. The lowest BCUT2D eigenvalue weighted by molar-refractivity contribution is -0.384. The molecule has 0 aromatic heterocycles. The fourth-order valence-electron chi connectivity index (χ4n) is 1.29. The maximum absolute atomic E-state index is 10.6. The molecule has 0 saturated heterocycles. The summed E-state index contributed by atoms with van der Waals surface area (Å²) in [6.07, 6.45) is 5.14. The van der Waals surface area contributed by atoms with E-state index in [2.05, 4.69) is 27.2 Å². The highest BCUT2D eigenvalue weighted by Gasteiger charge is 2.08. The topological polar surface area (TPSA) is 55.2 Å². The van der Waals surface area contributed by atoms with Gasteiger partial charge < -0.3 is 5.32 Å². The van der Waals surface area contributed by atoms with Crippen molar-refractivity contribution in [2.24, 2.45) is 0 Å². The van der Waals surface area contributed by atoms with E-state index in [0.29, 0.717) is 6.54 Å². The summed E-state index contributed by atoms with van der Waals surface area (Å²) in [5.41, 5.74) is 1.10. The molecular formula is C12H13BrN2O2S. The molecule has 1 aromatic carbocycles. The molecule has 18 heavy (non-hydrogen) atoms. The Kier molecular flexibility index (Phi) is 6.80. The van der Waals surface area contributed by atoms with E-state index in [1.165, 1.54) is 12.1 Å². The van der Waals surface area contributed by atoms with Gasteiger partial charge in [-0.05, 0) is 11.6 Å². The Balaban J connectivity index is 2.39. The highest BCUT2D eigenvalue weighted by Crippen LogP contribution is 2.22. The summed E-state index contributed by atoms with van der Waals surface area (Å²) in [5.74, 6) is 4.24. The lowest BCUT2D eigenvalue weighted by atomic mass is 10.2. The van der Waals surface area contributed by atoms with Gasteiger partial charge in [0.2, 0.25) is 0 Å². The van der Waals surface area contributed by atoms with Gasteiger partial charge in [0.05, 0.1) is 10.7 Å². The van der Waals surface area contributed by atoms with Gasteiger partial charge in [-0.2, -0.15) is 0 Å². The van der Waals surface area contributed by atoms with Crippen LogP contribution in [-0.4, -0.2) is 23.0 Å². The average Bonchev–Trinajstić information content (AvgIpc) is 2.35. The first kappa shape index (κ1) is 15.0. The van der Waals surface area contributed by atoms with E-state index >= 15 is 0 Å². The summed E-state index contributed by atoms with van der Waals surface area (Å²) in [5, 5.41) is 13.8. The minimum atomic E-state index is -0.404. The molecule has 1 rings (SSSR count). The van der Waals surface area contributed by atoms with Gasteiger partial charge in [-0.3, -0.25) is 10.1 Å². The van der Waals surface area contributed by atoms with E-state index in [1.807, 2.05) is 0 Å². The molecule has 0 atom stereocenters. The summed E-state index contributed by atoms with van der Waals surface area (Å²) in [6, 6.07) is 4.78. The van der Waals surface area contributed by atoms with Gasteiger partial charge in [0.25, 0.3) is 5.69 Å². The molecule has 0 unspecified atom stereocenters. The lowest BCUT2D eigenvalue weighted by Gasteiger charge is -2.06. The zero-order valence-corrected chi connectivity index (χ0v) is 12.1. The third-order valence-corrected chi connectivity index (χ3v) is 3.77. The Morgan fingerprint density at radius 1 is 1.56 bits per heavy atom. The number of hydrogen-bond acceptors (Lipinski definition) is 4. The van der Waals surface area contributed by atoms with Crippen LogP contribution in [0.5, 0.6) is 0 Å². The van der Waals surface area contributed by atoms with Crippen molar-refractivity contribution in [2.75, 3.05) is 18.1 Å². The van der Waals surface area contributed by atoms with Crippen molar-refractivity contribution in [3.05, 3.63) is 38.3 Å². The highest BCUT2D eigenvalue weighted by atomic mass is 79.9. The first-order valence-electron chi connectivity index (χ1n) is 5.30. The Bertz CT molecular complexity index is 460. The van der Waals surface area contributed by atoms with Gasteiger partial charge in [0.1, 0.15) is 0 Å². The minimum absolute atomic E-state index is 0.0928. The number of thioether (sulfide) groups is 1. The Hall–Kier alpha value is -1.03. The molecule has 0 heterocycles. The molecule has 0 saturated carbocycles. The van der Waals surface area contributed by atoms with E-state index in [0.717, 1.165) is 28.1 Å². The third-order valence-electron chi connectivity index (χ3n) is 2.17. The zero-order valence-electron chi connectivity index (χ0n) is 9.69. The van der Waals surface area contributed by atoms with Gasteiger partial charge in [-0.15, -0.1) is 18.2 Å². The van der Waals surface area contributed by atoms with Crippen molar-refractivity contribution < 1.29 is 4.92 Å². The fraction of sp³-hybridized carbons (Fsp3) is 0.333. The number of hydrogen-bond donors (Lipinski definition) is 1. The normalized spacial score (nSPS) is 10.0. The molecule has 0 spiro atoms. The van der Waals surface area contributed by atoms with Crippen LogP contribution in [0.1, 0.15) is 5.56 Å². The Morgan fingerprint density at radius 2 is 2.33 bits per heavy atom. The van der Waals surface area contributed by atoms with Gasteiger partial charge in [-0.1, -0.05) is 21.9 Å². The Morgan fingerprint density at radius 3 is 2.94 bits per heavy atom. The number of nitrogens with zero attached hydrogens (tertiary/aromatic N) is 1. The van der Waals surface area contributed by atoms with Crippen LogP contribution in [0.4, 0.5) is 5.69 Å². The standard InChI is InChI=1S/C12H13BrN2O2S/c1-2-6-18-7-5-14-9-10-3-4-11(15(16)17)8-12(10)13/h1,3-4,8,14H,5-7,9H2. The summed E-state index contributed by atoms with van der Waals surface area (Å²) in [7, 11) is 0. The smallest absolute Gasteiger partial charge is 0.270 e. The number of terminal acetylenes is 1. The quantitative estimate of drug-likeness (QED) is 0.362. The van der Waals surface area contributed by atoms with Crippen LogP contribution in [-0.2, 0) is 6.54 Å². The van der Waals surface area contributed by atoms with Crippen molar-refractivity contribution in [2.45, 2.75) is 6.54 Å². The van der Waals surface area contributed by atoms with E-state index < -0.39 is 4.92 Å². The van der Waals surface area contributed by atoms with Crippen LogP contribution in [0.2, 0.25) is 0 Å². The maximum atomic E-state index is 10.6. The molecule has 1 aromatic rings. The monoisotopic (exact) mass is 328 g/mol.